The van der Waals surface area contributed by atoms with E-state index in [1.807, 2.05) is 29.6 Å². The van der Waals surface area contributed by atoms with Crippen LogP contribution in [0.5, 0.6) is 0 Å². The van der Waals surface area contributed by atoms with E-state index in [9.17, 15) is 4.79 Å². The summed E-state index contributed by atoms with van der Waals surface area (Å²) in [4.78, 5) is 17.3. The van der Waals surface area contributed by atoms with Crippen LogP contribution in [0.3, 0.4) is 0 Å². The van der Waals surface area contributed by atoms with Crippen LogP contribution in [0.15, 0.2) is 34.1 Å². The highest BCUT2D eigenvalue weighted by atomic mass is 79.9. The van der Waals surface area contributed by atoms with E-state index in [2.05, 4.69) is 31.5 Å². The minimum Gasteiger partial charge on any atom is -0.308 e. The van der Waals surface area contributed by atoms with Crippen molar-refractivity contribution in [1.82, 2.24) is 10.3 Å². The van der Waals surface area contributed by atoms with E-state index in [0.29, 0.717) is 16.7 Å². The maximum absolute atomic E-state index is 12.7. The van der Waals surface area contributed by atoms with Gasteiger partial charge in [-0.1, -0.05) is 28.1 Å². The zero-order valence-corrected chi connectivity index (χ0v) is 19.3. The summed E-state index contributed by atoms with van der Waals surface area (Å²) in [5, 5.41) is 9.01. The zero-order chi connectivity index (χ0) is 20.0. The molecule has 152 valence electrons. The highest BCUT2D eigenvalue weighted by Gasteiger charge is 2.51. The predicted molar refractivity (Wildman–Crippen MR) is 125 cm³/mol. The molecule has 4 aliphatic carbocycles. The second-order valence-corrected chi connectivity index (χ2v) is 11.3. The fraction of sp³-hybridized carbons (Fsp3) is 0.500. The molecule has 29 heavy (non-hydrogen) atoms. The van der Waals surface area contributed by atoms with Gasteiger partial charge in [0.1, 0.15) is 0 Å². The minimum atomic E-state index is 0.0501. The summed E-state index contributed by atoms with van der Waals surface area (Å²) in [5.74, 6) is 2.61. The number of hydrogen-bond acceptors (Lipinski definition) is 4. The first-order chi connectivity index (χ1) is 14.0. The fourth-order valence-electron chi connectivity index (χ4n) is 6.23. The molecule has 1 heterocycles. The molecule has 0 saturated heterocycles. The molecule has 0 radical (unpaired) electrons. The van der Waals surface area contributed by atoms with Crippen LogP contribution in [0.2, 0.25) is 0 Å². The molecule has 0 unspecified atom stereocenters. The van der Waals surface area contributed by atoms with Gasteiger partial charge >= 0.3 is 0 Å². The molecule has 7 heteroatoms. The molecule has 4 aliphatic rings. The van der Waals surface area contributed by atoms with Crippen molar-refractivity contribution >= 4 is 55.6 Å². The number of nitrogens with zero attached hydrogens (tertiary/aromatic N) is 1. The van der Waals surface area contributed by atoms with E-state index < -0.39 is 0 Å². The van der Waals surface area contributed by atoms with E-state index in [4.69, 9.17) is 12.2 Å². The van der Waals surface area contributed by atoms with Crippen LogP contribution in [-0.2, 0) is 4.79 Å². The zero-order valence-electron chi connectivity index (χ0n) is 16.1. The maximum Gasteiger partial charge on any atom is 0.226 e. The quantitative estimate of drug-likeness (QED) is 0.517. The topological polar surface area (TPSA) is 54.0 Å². The van der Waals surface area contributed by atoms with E-state index in [1.165, 1.54) is 49.9 Å². The van der Waals surface area contributed by atoms with Gasteiger partial charge in [-0.3, -0.25) is 4.79 Å². The van der Waals surface area contributed by atoms with Crippen LogP contribution in [0.25, 0.3) is 11.3 Å². The van der Waals surface area contributed by atoms with Crippen LogP contribution in [0, 0.1) is 23.2 Å². The third-order valence-corrected chi connectivity index (χ3v) is 8.31. The molecule has 2 aromatic rings. The molecule has 2 N–H and O–H groups in total. The first-order valence-electron chi connectivity index (χ1n) is 10.3. The van der Waals surface area contributed by atoms with Crippen LogP contribution in [-0.4, -0.2) is 16.0 Å². The van der Waals surface area contributed by atoms with Crippen molar-refractivity contribution in [3.05, 3.63) is 34.1 Å². The van der Waals surface area contributed by atoms with Gasteiger partial charge in [-0.05, 0) is 86.0 Å². The number of halogens is 1. The molecule has 4 nitrogen and oxygen atoms in total. The Labute approximate surface area is 189 Å². The highest BCUT2D eigenvalue weighted by Crippen LogP contribution is 2.61. The van der Waals surface area contributed by atoms with Gasteiger partial charge in [0.05, 0.1) is 5.69 Å². The molecular formula is C22H24BrN3OS2. The van der Waals surface area contributed by atoms with Crippen molar-refractivity contribution < 1.29 is 4.79 Å². The molecular weight excluding hydrogens is 466 g/mol. The number of thiazole rings is 1. The van der Waals surface area contributed by atoms with E-state index in [0.717, 1.165) is 33.5 Å². The summed E-state index contributed by atoms with van der Waals surface area (Å²) >= 11 is 10.3. The van der Waals surface area contributed by atoms with Gasteiger partial charge in [-0.2, -0.15) is 0 Å². The second kappa shape index (κ2) is 7.75. The van der Waals surface area contributed by atoms with Crippen molar-refractivity contribution in [2.75, 3.05) is 5.32 Å². The molecule has 0 spiro atoms. The van der Waals surface area contributed by atoms with Crippen LogP contribution >= 0.6 is 39.5 Å². The first kappa shape index (κ1) is 19.6. The Kier molecular flexibility index (Phi) is 5.25. The third-order valence-electron chi connectivity index (χ3n) is 6.82. The van der Waals surface area contributed by atoms with Crippen LogP contribution in [0.1, 0.15) is 44.9 Å². The Morgan fingerprint density at radius 3 is 2.38 bits per heavy atom. The number of nitrogens with one attached hydrogen (secondary N) is 2. The standard InChI is InChI=1S/C22H24BrN3OS2/c23-17-3-1-16(2-4-17)18-12-29-21(24-18)26-20(28)25-19(27)11-22-8-13-5-14(9-22)7-15(6-13)10-22/h1-4,12-15H,5-11H2,(H2,24,25,26,27,28). The average Bonchev–Trinajstić information content (AvgIpc) is 3.08. The van der Waals surface area contributed by atoms with Gasteiger partial charge in [0.2, 0.25) is 5.91 Å². The summed E-state index contributed by atoms with van der Waals surface area (Å²) in [7, 11) is 0. The van der Waals surface area contributed by atoms with Crippen molar-refractivity contribution in [3.8, 4) is 11.3 Å². The van der Waals surface area contributed by atoms with E-state index in [-0.39, 0.29) is 11.3 Å². The lowest BCUT2D eigenvalue weighted by Crippen LogP contribution is -2.48. The summed E-state index contributed by atoms with van der Waals surface area (Å²) in [6.07, 6.45) is 8.49. The van der Waals surface area contributed by atoms with E-state index in [1.54, 1.807) is 0 Å². The molecule has 6 rings (SSSR count). The monoisotopic (exact) mass is 489 g/mol. The summed E-state index contributed by atoms with van der Waals surface area (Å²) in [6, 6.07) is 8.04. The fourth-order valence-corrected chi connectivity index (χ4v) is 7.49. The molecule has 4 saturated carbocycles. The third kappa shape index (κ3) is 4.28. The average molecular weight is 490 g/mol. The number of thiocarbonyl (C=S) groups is 1. The summed E-state index contributed by atoms with van der Waals surface area (Å²) in [5.41, 5.74) is 2.17. The molecule has 1 aromatic carbocycles. The highest BCUT2D eigenvalue weighted by molar-refractivity contribution is 9.10. The Morgan fingerprint density at radius 1 is 1.14 bits per heavy atom. The largest absolute Gasteiger partial charge is 0.308 e. The Hall–Kier alpha value is -1.31. The van der Waals surface area contributed by atoms with Crippen molar-refractivity contribution in [2.24, 2.45) is 23.2 Å². The van der Waals surface area contributed by atoms with Crippen molar-refractivity contribution in [3.63, 3.8) is 0 Å². The number of carbonyl (C=O) groups is 1. The number of amides is 1. The first-order valence-corrected chi connectivity index (χ1v) is 12.4. The minimum absolute atomic E-state index is 0.0501. The molecule has 0 atom stereocenters. The van der Waals surface area contributed by atoms with Crippen molar-refractivity contribution in [2.45, 2.75) is 44.9 Å². The van der Waals surface area contributed by atoms with Crippen LogP contribution < -0.4 is 10.6 Å². The smallest absolute Gasteiger partial charge is 0.226 e. The number of benzene rings is 1. The van der Waals surface area contributed by atoms with Crippen LogP contribution in [0.4, 0.5) is 5.13 Å². The number of hydrogen-bond donors (Lipinski definition) is 2. The van der Waals surface area contributed by atoms with Gasteiger partial charge in [-0.15, -0.1) is 11.3 Å². The van der Waals surface area contributed by atoms with Gasteiger partial charge in [0, 0.05) is 21.8 Å². The molecule has 4 bridgehead atoms. The number of anilines is 1. The summed E-state index contributed by atoms with van der Waals surface area (Å²) in [6.45, 7) is 0. The predicted octanol–water partition coefficient (Wildman–Crippen LogP) is 5.99. The van der Waals surface area contributed by atoms with Gasteiger partial charge in [0.15, 0.2) is 10.2 Å². The lowest BCUT2D eigenvalue weighted by atomic mass is 9.49. The Balaban J connectivity index is 1.17. The van der Waals surface area contributed by atoms with E-state index >= 15 is 0 Å². The normalized spacial score (nSPS) is 29.6. The Bertz CT molecular complexity index is 905. The number of aromatic nitrogens is 1. The molecule has 1 aromatic heterocycles. The van der Waals surface area contributed by atoms with Crippen molar-refractivity contribution in [1.29, 1.82) is 0 Å². The maximum atomic E-state index is 12.7. The number of rotatable bonds is 4. The molecule has 4 fully saturated rings. The molecule has 1 amide bonds. The second-order valence-electron chi connectivity index (χ2n) is 9.14. The molecule has 0 aliphatic heterocycles. The lowest BCUT2D eigenvalue weighted by molar-refractivity contribution is -0.127. The van der Waals surface area contributed by atoms with Gasteiger partial charge in [0.25, 0.3) is 0 Å². The number of carbonyl (C=O) groups excluding carboxylic acids is 1. The Morgan fingerprint density at radius 2 is 1.76 bits per heavy atom. The SMILES string of the molecule is O=C(CC12CC3CC(CC(C3)C1)C2)NC(=S)Nc1nc(-c2ccc(Br)cc2)cs1. The van der Waals surface area contributed by atoms with Gasteiger partial charge < -0.3 is 10.6 Å². The summed E-state index contributed by atoms with van der Waals surface area (Å²) < 4.78 is 1.04. The lowest BCUT2D eigenvalue weighted by Gasteiger charge is -2.56. The van der Waals surface area contributed by atoms with Gasteiger partial charge in [-0.25, -0.2) is 4.98 Å².